The molecule has 1 atom stereocenters. The first-order chi connectivity index (χ1) is 6.83. The Morgan fingerprint density at radius 1 is 1.07 bits per heavy atom. The minimum absolute atomic E-state index is 0.0406. The number of hydrogen-bond donors (Lipinski definition) is 2. The summed E-state index contributed by atoms with van der Waals surface area (Å²) in [5.74, 6) is 0. The number of nitrogens with one attached hydrogen (secondary N) is 1. The minimum atomic E-state index is -0.0406. The van der Waals surface area contributed by atoms with Crippen molar-refractivity contribution in [1.29, 1.82) is 0 Å². The van der Waals surface area contributed by atoms with Crippen molar-refractivity contribution < 1.29 is 5.21 Å². The summed E-state index contributed by atoms with van der Waals surface area (Å²) >= 11 is 0. The molecule has 0 saturated carbocycles. The van der Waals surface area contributed by atoms with Crippen LogP contribution in [-0.2, 0) is 0 Å². The van der Waals surface area contributed by atoms with Crippen molar-refractivity contribution in [2.24, 2.45) is 0 Å². The van der Waals surface area contributed by atoms with E-state index in [0.717, 1.165) is 5.56 Å². The molecule has 2 heteroatoms. The number of rotatable bonds is 2. The number of fused-ring (bicyclic) bond motifs is 1. The van der Waals surface area contributed by atoms with Gasteiger partial charge in [0.25, 0.3) is 0 Å². The lowest BCUT2D eigenvalue weighted by Crippen LogP contribution is -2.13. The van der Waals surface area contributed by atoms with Crippen molar-refractivity contribution in [2.75, 3.05) is 0 Å². The van der Waals surface area contributed by atoms with E-state index in [1.165, 1.54) is 10.8 Å². The van der Waals surface area contributed by atoms with Crippen LogP contribution in [0.5, 0.6) is 0 Å². The van der Waals surface area contributed by atoms with Crippen LogP contribution in [0.15, 0.2) is 42.5 Å². The summed E-state index contributed by atoms with van der Waals surface area (Å²) in [6.07, 6.45) is 0. The quantitative estimate of drug-likeness (QED) is 0.708. The van der Waals surface area contributed by atoms with Crippen molar-refractivity contribution in [3.63, 3.8) is 0 Å². The fourth-order valence-corrected chi connectivity index (χ4v) is 1.70. The maximum Gasteiger partial charge on any atom is 0.0546 e. The highest BCUT2D eigenvalue weighted by atomic mass is 16.5. The second kappa shape index (κ2) is 3.78. The van der Waals surface area contributed by atoms with Gasteiger partial charge in [0.1, 0.15) is 0 Å². The molecule has 0 aliphatic carbocycles. The van der Waals surface area contributed by atoms with Crippen LogP contribution in [0.3, 0.4) is 0 Å². The van der Waals surface area contributed by atoms with Crippen molar-refractivity contribution in [3.8, 4) is 0 Å². The van der Waals surface area contributed by atoms with Gasteiger partial charge in [0.2, 0.25) is 0 Å². The molecule has 0 bridgehead atoms. The predicted octanol–water partition coefficient (Wildman–Crippen LogP) is 2.88. The molecule has 0 unspecified atom stereocenters. The van der Waals surface area contributed by atoms with Crippen molar-refractivity contribution in [3.05, 3.63) is 48.0 Å². The molecule has 0 saturated heterocycles. The van der Waals surface area contributed by atoms with Gasteiger partial charge in [-0.15, -0.1) is 0 Å². The molecule has 0 radical (unpaired) electrons. The van der Waals surface area contributed by atoms with Gasteiger partial charge >= 0.3 is 0 Å². The molecule has 2 nitrogen and oxygen atoms in total. The molecule has 2 N–H and O–H groups in total. The summed E-state index contributed by atoms with van der Waals surface area (Å²) in [6.45, 7) is 1.93. The van der Waals surface area contributed by atoms with E-state index in [2.05, 4.69) is 23.7 Å². The zero-order chi connectivity index (χ0) is 9.97. The van der Waals surface area contributed by atoms with Gasteiger partial charge in [-0.25, -0.2) is 0 Å². The van der Waals surface area contributed by atoms with Gasteiger partial charge < -0.3 is 5.21 Å². The maximum absolute atomic E-state index is 8.90. The Labute approximate surface area is 83.1 Å². The van der Waals surface area contributed by atoms with Crippen molar-refractivity contribution >= 4 is 10.8 Å². The second-order valence-electron chi connectivity index (χ2n) is 3.42. The van der Waals surface area contributed by atoms with Crippen LogP contribution in [0.4, 0.5) is 0 Å². The Morgan fingerprint density at radius 3 is 2.57 bits per heavy atom. The van der Waals surface area contributed by atoms with Crippen LogP contribution in [0.25, 0.3) is 10.8 Å². The Bertz CT molecular complexity index is 434. The largest absolute Gasteiger partial charge is 0.316 e. The van der Waals surface area contributed by atoms with Crippen LogP contribution >= 0.6 is 0 Å². The average molecular weight is 187 g/mol. The molecule has 0 aliphatic rings. The molecule has 72 valence electrons. The monoisotopic (exact) mass is 187 g/mol. The fraction of sp³-hybridized carbons (Fsp3) is 0.167. The van der Waals surface area contributed by atoms with E-state index in [1.54, 1.807) is 0 Å². The van der Waals surface area contributed by atoms with Crippen LogP contribution in [0.2, 0.25) is 0 Å². The Kier molecular flexibility index (Phi) is 2.48. The van der Waals surface area contributed by atoms with E-state index in [1.807, 2.05) is 31.2 Å². The number of hydroxylamine groups is 1. The first-order valence-corrected chi connectivity index (χ1v) is 4.70. The Hall–Kier alpha value is -1.38. The van der Waals surface area contributed by atoms with Gasteiger partial charge in [0.15, 0.2) is 0 Å². The predicted molar refractivity (Wildman–Crippen MR) is 57.3 cm³/mol. The van der Waals surface area contributed by atoms with Gasteiger partial charge in [-0.05, 0) is 23.3 Å². The van der Waals surface area contributed by atoms with Crippen LogP contribution < -0.4 is 5.48 Å². The highest BCUT2D eigenvalue weighted by molar-refractivity contribution is 5.86. The summed E-state index contributed by atoms with van der Waals surface area (Å²) in [6, 6.07) is 14.2. The van der Waals surface area contributed by atoms with Gasteiger partial charge in [0.05, 0.1) is 6.04 Å². The fourth-order valence-electron chi connectivity index (χ4n) is 1.70. The highest BCUT2D eigenvalue weighted by Crippen LogP contribution is 2.23. The second-order valence-corrected chi connectivity index (χ2v) is 3.42. The maximum atomic E-state index is 8.90. The summed E-state index contributed by atoms with van der Waals surface area (Å²) in [7, 11) is 0. The Morgan fingerprint density at radius 2 is 1.79 bits per heavy atom. The smallest absolute Gasteiger partial charge is 0.0546 e. The first kappa shape index (κ1) is 9.19. The standard InChI is InChI=1S/C12H13NO/c1-9(13-14)11-8-4-6-10-5-2-3-7-12(10)11/h2-9,13-14H,1H3/t9-/m0/s1. The zero-order valence-corrected chi connectivity index (χ0v) is 8.07. The molecule has 14 heavy (non-hydrogen) atoms. The minimum Gasteiger partial charge on any atom is -0.316 e. The lowest BCUT2D eigenvalue weighted by molar-refractivity contribution is 0.134. The molecular formula is C12H13NO. The third-order valence-corrected chi connectivity index (χ3v) is 2.48. The summed E-state index contributed by atoms with van der Waals surface area (Å²) in [4.78, 5) is 0. The van der Waals surface area contributed by atoms with E-state index in [-0.39, 0.29) is 6.04 Å². The summed E-state index contributed by atoms with van der Waals surface area (Å²) in [5.41, 5.74) is 3.39. The van der Waals surface area contributed by atoms with Crippen molar-refractivity contribution in [2.45, 2.75) is 13.0 Å². The van der Waals surface area contributed by atoms with E-state index in [9.17, 15) is 0 Å². The third kappa shape index (κ3) is 1.50. The molecule has 0 heterocycles. The van der Waals surface area contributed by atoms with Crippen LogP contribution in [0.1, 0.15) is 18.5 Å². The molecule has 2 aromatic carbocycles. The number of benzene rings is 2. The SMILES string of the molecule is C[C@H](NO)c1cccc2ccccc12. The molecule has 2 rings (SSSR count). The molecule has 2 aromatic rings. The van der Waals surface area contributed by atoms with Crippen LogP contribution in [0, 0.1) is 0 Å². The number of hydrogen-bond acceptors (Lipinski definition) is 2. The molecule has 0 fully saturated rings. The summed E-state index contributed by atoms with van der Waals surface area (Å²) in [5, 5.41) is 11.3. The molecular weight excluding hydrogens is 174 g/mol. The normalized spacial score (nSPS) is 13.0. The van der Waals surface area contributed by atoms with Gasteiger partial charge in [-0.2, -0.15) is 5.48 Å². The molecule has 0 spiro atoms. The Balaban J connectivity index is 2.65. The molecule has 0 aliphatic heterocycles. The molecule has 0 aromatic heterocycles. The lowest BCUT2D eigenvalue weighted by atomic mass is 10.0. The zero-order valence-electron chi connectivity index (χ0n) is 8.07. The average Bonchev–Trinajstić information content (AvgIpc) is 2.27. The topological polar surface area (TPSA) is 32.3 Å². The summed E-state index contributed by atoms with van der Waals surface area (Å²) < 4.78 is 0. The highest BCUT2D eigenvalue weighted by Gasteiger charge is 2.06. The van der Waals surface area contributed by atoms with E-state index >= 15 is 0 Å². The van der Waals surface area contributed by atoms with E-state index in [4.69, 9.17) is 5.21 Å². The van der Waals surface area contributed by atoms with E-state index < -0.39 is 0 Å². The van der Waals surface area contributed by atoms with E-state index in [0.29, 0.717) is 0 Å². The van der Waals surface area contributed by atoms with Gasteiger partial charge in [-0.3, -0.25) is 0 Å². The lowest BCUT2D eigenvalue weighted by Gasteiger charge is -2.12. The third-order valence-electron chi connectivity index (χ3n) is 2.48. The van der Waals surface area contributed by atoms with Gasteiger partial charge in [-0.1, -0.05) is 42.5 Å². The first-order valence-electron chi connectivity index (χ1n) is 4.70. The molecule has 0 amide bonds. The van der Waals surface area contributed by atoms with Crippen LogP contribution in [-0.4, -0.2) is 5.21 Å². The van der Waals surface area contributed by atoms with Gasteiger partial charge in [0, 0.05) is 0 Å². The van der Waals surface area contributed by atoms with Crippen molar-refractivity contribution in [1.82, 2.24) is 5.48 Å².